The third-order valence-corrected chi connectivity index (χ3v) is 16.5. The van der Waals surface area contributed by atoms with Crippen molar-refractivity contribution in [1.29, 1.82) is 0 Å². The van der Waals surface area contributed by atoms with Crippen molar-refractivity contribution < 1.29 is 0 Å². The first kappa shape index (κ1) is 55.3. The molecular weight excluding hydrogens is 865 g/mol. The second kappa shape index (κ2) is 27.7. The molecule has 7 rings (SSSR count). The van der Waals surface area contributed by atoms with Gasteiger partial charge in [-0.2, -0.15) is 0 Å². The van der Waals surface area contributed by atoms with E-state index in [4.69, 9.17) is 0 Å². The van der Waals surface area contributed by atoms with Gasteiger partial charge in [0.2, 0.25) is 0 Å². The summed E-state index contributed by atoms with van der Waals surface area (Å²) in [6.45, 7) is 27.3. The fourth-order valence-corrected chi connectivity index (χ4v) is 11.9. The Hall–Kier alpha value is -3.60. The van der Waals surface area contributed by atoms with Crippen LogP contribution in [0.25, 0.3) is 64.0 Å². The van der Waals surface area contributed by atoms with Gasteiger partial charge in [0.05, 0.1) is 0 Å². The molecule has 0 fully saturated rings. The average Bonchev–Trinajstić information content (AvgIpc) is 4.10. The Labute approximate surface area is 421 Å². The van der Waals surface area contributed by atoms with Crippen LogP contribution in [0.3, 0.4) is 0 Å². The zero-order valence-corrected chi connectivity index (χ0v) is 46.5. The summed E-state index contributed by atoms with van der Waals surface area (Å²) < 4.78 is 0. The summed E-state index contributed by atoms with van der Waals surface area (Å²) in [6.07, 6.45) is 25.7. The molecule has 7 aromatic rings. The van der Waals surface area contributed by atoms with E-state index in [9.17, 15) is 9.59 Å². The Kier molecular flexibility index (Phi) is 22.5. The lowest BCUT2D eigenvalue weighted by molar-refractivity contribution is 0.437. The lowest BCUT2D eigenvalue weighted by Crippen LogP contribution is -2.04. The van der Waals surface area contributed by atoms with Gasteiger partial charge in [-0.25, -0.2) is 0 Å². The minimum atomic E-state index is 0.139. The average molecular weight is 956 g/mol. The molecule has 2 atom stereocenters. The lowest BCUT2D eigenvalue weighted by atomic mass is 9.84. The molecule has 0 aliphatic heterocycles. The normalized spacial score (nSPS) is 12.7. The van der Waals surface area contributed by atoms with Gasteiger partial charge in [-0.3, -0.25) is 9.59 Å². The van der Waals surface area contributed by atoms with E-state index in [-0.39, 0.29) is 10.9 Å². The Morgan fingerprint density at radius 1 is 0.397 bits per heavy atom. The highest BCUT2D eigenvalue weighted by atomic mass is 32.1. The van der Waals surface area contributed by atoms with E-state index in [1.165, 1.54) is 145 Å². The van der Waals surface area contributed by atoms with Crippen molar-refractivity contribution >= 4 is 65.8 Å². The monoisotopic (exact) mass is 955 g/mol. The largest absolute Gasteiger partial charge is 0.289 e. The molecule has 5 aromatic carbocycles. The van der Waals surface area contributed by atoms with E-state index in [0.29, 0.717) is 11.8 Å². The van der Waals surface area contributed by atoms with Crippen molar-refractivity contribution in [3.05, 3.63) is 102 Å². The van der Waals surface area contributed by atoms with Crippen LogP contribution in [0.4, 0.5) is 0 Å². The number of aryl methyl sites for hydroxylation is 4. The maximum absolute atomic E-state index is 14.2. The second-order valence-corrected chi connectivity index (χ2v) is 24.2. The summed E-state index contributed by atoms with van der Waals surface area (Å²) in [5.41, 5.74) is 4.58. The molecule has 0 saturated heterocycles. The summed E-state index contributed by atoms with van der Waals surface area (Å²) in [5.74, 6) is 2.67. The predicted octanol–water partition coefficient (Wildman–Crippen LogP) is 20.7. The van der Waals surface area contributed by atoms with E-state index in [1.54, 1.807) is 22.7 Å². The third kappa shape index (κ3) is 15.2. The molecule has 0 bridgehead atoms. The third-order valence-electron chi connectivity index (χ3n) is 14.4. The number of benzene rings is 3. The Morgan fingerprint density at radius 2 is 0.750 bits per heavy atom. The highest BCUT2D eigenvalue weighted by molar-refractivity contribution is 7.15. The van der Waals surface area contributed by atoms with Crippen molar-refractivity contribution in [1.82, 2.24) is 0 Å². The van der Waals surface area contributed by atoms with Crippen molar-refractivity contribution in [3.63, 3.8) is 0 Å². The fraction of sp³-hybridized carbons (Fsp3) is 0.562. The van der Waals surface area contributed by atoms with Gasteiger partial charge in [-0.05, 0) is 167 Å². The molecule has 0 N–H and O–H groups in total. The van der Waals surface area contributed by atoms with Gasteiger partial charge >= 0.3 is 0 Å². The molecule has 0 aliphatic carbocycles. The van der Waals surface area contributed by atoms with Crippen LogP contribution < -0.4 is 10.9 Å². The van der Waals surface area contributed by atoms with Crippen LogP contribution in [-0.2, 0) is 12.8 Å². The van der Waals surface area contributed by atoms with Gasteiger partial charge in [0.25, 0.3) is 0 Å². The van der Waals surface area contributed by atoms with Crippen molar-refractivity contribution in [2.45, 2.75) is 212 Å². The molecule has 370 valence electrons. The number of hydrogen-bond donors (Lipinski definition) is 0. The SMILES string of the molecule is CCCCCC.CCCCCCCC.Cc1ccc(-c2cc3cc4c(CCC(C)CCCC(C)C)c5cc6c(=O)c(-c7ccc(C)s7)cc6cc5c(CCC(C)CCCC(C)C)c4cc3c2=O)s1. The zero-order valence-electron chi connectivity index (χ0n) is 44.9. The van der Waals surface area contributed by atoms with Gasteiger partial charge in [0, 0.05) is 41.4 Å². The molecule has 2 nitrogen and oxygen atoms in total. The molecule has 0 radical (unpaired) electrons. The first-order chi connectivity index (χ1) is 32.7. The number of unbranched alkanes of at least 4 members (excludes halogenated alkanes) is 8. The topological polar surface area (TPSA) is 34.1 Å². The number of fused-ring (bicyclic) bond motifs is 4. The van der Waals surface area contributed by atoms with Crippen LogP contribution in [0.1, 0.15) is 206 Å². The Morgan fingerprint density at radius 3 is 1.07 bits per heavy atom. The zero-order chi connectivity index (χ0) is 49.3. The van der Waals surface area contributed by atoms with Crippen LogP contribution in [0.15, 0.2) is 70.3 Å². The highest BCUT2D eigenvalue weighted by Crippen LogP contribution is 2.41. The molecule has 0 aliphatic rings. The summed E-state index contributed by atoms with van der Waals surface area (Å²) in [6, 6.07) is 21.8. The van der Waals surface area contributed by atoms with Crippen LogP contribution in [0.2, 0.25) is 0 Å². The van der Waals surface area contributed by atoms with E-state index >= 15 is 0 Å². The second-order valence-electron chi connectivity index (χ2n) is 21.6. The number of thiophene rings is 2. The van der Waals surface area contributed by atoms with Crippen LogP contribution in [0.5, 0.6) is 0 Å². The molecule has 0 spiro atoms. The molecule has 68 heavy (non-hydrogen) atoms. The lowest BCUT2D eigenvalue weighted by Gasteiger charge is -2.20. The summed E-state index contributed by atoms with van der Waals surface area (Å²) in [4.78, 5) is 32.9. The van der Waals surface area contributed by atoms with E-state index in [0.717, 1.165) is 79.9 Å². The van der Waals surface area contributed by atoms with E-state index in [1.807, 2.05) is 0 Å². The fourth-order valence-electron chi connectivity index (χ4n) is 10.1. The van der Waals surface area contributed by atoms with Gasteiger partial charge in [0.15, 0.2) is 10.9 Å². The standard InChI is InChI=1S/C50H58O2S2.C8H18.C6H14/c1-29(2)11-9-13-31(5)15-19-37-41-23-35-25-45(47-21-17-33(7)53-47)50(52)40(35)28-44(41)38(20-16-32(6)14-10-12-30(3)4)42-24-36-26-46(48-22-18-34(8)54-48)49(51)39(36)27-43(37)42;1-3-5-7-8-6-4-2;1-3-5-6-4-2/h17-18,21-32H,9-16,19-20H2,1-8H3;3-8H2,1-2H3;3-6H2,1-2H3. The van der Waals surface area contributed by atoms with E-state index in [2.05, 4.69) is 144 Å². The van der Waals surface area contributed by atoms with Gasteiger partial charge in [-0.1, -0.05) is 172 Å². The summed E-state index contributed by atoms with van der Waals surface area (Å²) in [5, 5.41) is 8.69. The van der Waals surface area contributed by atoms with Crippen molar-refractivity contribution in [2.75, 3.05) is 0 Å². The van der Waals surface area contributed by atoms with Crippen molar-refractivity contribution in [3.8, 4) is 20.9 Å². The minimum absolute atomic E-state index is 0.139. The van der Waals surface area contributed by atoms with E-state index < -0.39 is 0 Å². The van der Waals surface area contributed by atoms with Crippen molar-refractivity contribution in [2.24, 2.45) is 23.7 Å². The molecule has 4 heteroatoms. The molecule has 2 unspecified atom stereocenters. The predicted molar refractivity (Wildman–Crippen MR) is 309 cm³/mol. The van der Waals surface area contributed by atoms with Crippen LogP contribution in [-0.4, -0.2) is 0 Å². The molecule has 0 amide bonds. The van der Waals surface area contributed by atoms with Gasteiger partial charge in [-0.15, -0.1) is 22.7 Å². The highest BCUT2D eigenvalue weighted by Gasteiger charge is 2.22. The molecular formula is C64H90O2S2. The van der Waals surface area contributed by atoms with Gasteiger partial charge < -0.3 is 0 Å². The maximum Gasteiger partial charge on any atom is 0.195 e. The van der Waals surface area contributed by atoms with Gasteiger partial charge in [0.1, 0.15) is 0 Å². The van der Waals surface area contributed by atoms with Crippen LogP contribution in [0, 0.1) is 37.5 Å². The summed E-state index contributed by atoms with van der Waals surface area (Å²) >= 11 is 3.39. The smallest absolute Gasteiger partial charge is 0.195 e. The summed E-state index contributed by atoms with van der Waals surface area (Å²) in [7, 11) is 0. The number of hydrogen-bond acceptors (Lipinski definition) is 4. The quantitative estimate of drug-likeness (QED) is 0.0447. The molecule has 0 saturated carbocycles. The Balaban J connectivity index is 0.000000538. The van der Waals surface area contributed by atoms with Crippen LogP contribution >= 0.6 is 22.7 Å². The first-order valence-electron chi connectivity index (χ1n) is 27.5. The molecule has 2 heterocycles. The first-order valence-corrected chi connectivity index (χ1v) is 29.1. The molecule has 2 aromatic heterocycles. The minimum Gasteiger partial charge on any atom is -0.289 e. The maximum atomic E-state index is 14.2. The number of rotatable bonds is 24. The Bertz CT molecular complexity index is 2510.